The number of hydrogen-bond acceptors (Lipinski definition) is 1. The highest BCUT2D eigenvalue weighted by Crippen LogP contribution is 2.38. The molecule has 0 aliphatic rings. The Morgan fingerprint density at radius 3 is 2.16 bits per heavy atom. The molecule has 0 fully saturated rings. The zero-order chi connectivity index (χ0) is 14.8. The van der Waals surface area contributed by atoms with Crippen molar-refractivity contribution in [1.82, 2.24) is 0 Å². The lowest BCUT2D eigenvalue weighted by atomic mass is 10.0. The highest BCUT2D eigenvalue weighted by molar-refractivity contribution is 5.94. The van der Waals surface area contributed by atoms with Crippen molar-refractivity contribution in [2.45, 2.75) is 20.0 Å². The summed E-state index contributed by atoms with van der Waals surface area (Å²) in [6.45, 7) is 3.07. The van der Waals surface area contributed by atoms with Crippen LogP contribution in [-0.4, -0.2) is 11.9 Å². The largest absolute Gasteiger partial charge is 0.418 e. The van der Waals surface area contributed by atoms with Gasteiger partial charge >= 0.3 is 6.18 Å². The van der Waals surface area contributed by atoms with Crippen LogP contribution < -0.4 is 17.2 Å². The van der Waals surface area contributed by atoms with Crippen molar-refractivity contribution in [3.63, 3.8) is 0 Å². The standard InChI is InChI=1S/C11H14F3N5/c1-5-3-6(2)8(7(4-5)11(12,13)14)18-10(17)19-9(15)16/h3-4H,1-2H3,(H6,15,16,17,18,19). The van der Waals surface area contributed by atoms with Crippen LogP contribution in [0, 0.1) is 13.8 Å². The Labute approximate surface area is 108 Å². The van der Waals surface area contributed by atoms with Crippen LogP contribution in [0.4, 0.5) is 18.9 Å². The summed E-state index contributed by atoms with van der Waals surface area (Å²) in [6.07, 6.45) is -4.53. The molecule has 104 valence electrons. The first-order valence-electron chi connectivity index (χ1n) is 5.23. The van der Waals surface area contributed by atoms with Gasteiger partial charge in [-0.2, -0.15) is 18.2 Å². The molecule has 0 aromatic heterocycles. The van der Waals surface area contributed by atoms with Crippen LogP contribution >= 0.6 is 0 Å². The average molecular weight is 273 g/mol. The molecule has 0 saturated heterocycles. The Bertz CT molecular complexity index is 542. The third-order valence-corrected chi connectivity index (χ3v) is 2.22. The molecule has 0 amide bonds. The lowest BCUT2D eigenvalue weighted by Crippen LogP contribution is -2.26. The molecule has 1 aromatic rings. The zero-order valence-corrected chi connectivity index (χ0v) is 10.4. The van der Waals surface area contributed by atoms with E-state index in [1.807, 2.05) is 0 Å². The van der Waals surface area contributed by atoms with Crippen LogP contribution in [0.15, 0.2) is 22.1 Å². The van der Waals surface area contributed by atoms with Crippen molar-refractivity contribution in [1.29, 1.82) is 0 Å². The highest BCUT2D eigenvalue weighted by atomic mass is 19.4. The molecule has 0 radical (unpaired) electrons. The lowest BCUT2D eigenvalue weighted by molar-refractivity contribution is -0.137. The second-order valence-electron chi connectivity index (χ2n) is 3.98. The van der Waals surface area contributed by atoms with Crippen LogP contribution in [-0.2, 0) is 6.18 Å². The van der Waals surface area contributed by atoms with Gasteiger partial charge in [0, 0.05) is 0 Å². The summed E-state index contributed by atoms with van der Waals surface area (Å²) in [5.41, 5.74) is 15.2. The average Bonchev–Trinajstić information content (AvgIpc) is 2.18. The Kier molecular flexibility index (Phi) is 4.03. The van der Waals surface area contributed by atoms with Gasteiger partial charge < -0.3 is 17.2 Å². The number of halogens is 3. The van der Waals surface area contributed by atoms with Gasteiger partial charge in [-0.05, 0) is 25.5 Å². The summed E-state index contributed by atoms with van der Waals surface area (Å²) < 4.78 is 38.8. The van der Waals surface area contributed by atoms with E-state index in [1.54, 1.807) is 13.0 Å². The summed E-state index contributed by atoms with van der Waals surface area (Å²) in [7, 11) is 0. The van der Waals surface area contributed by atoms with E-state index < -0.39 is 17.7 Å². The molecule has 19 heavy (non-hydrogen) atoms. The fourth-order valence-corrected chi connectivity index (χ4v) is 1.60. The summed E-state index contributed by atoms with van der Waals surface area (Å²) in [5, 5.41) is 0. The van der Waals surface area contributed by atoms with Crippen molar-refractivity contribution in [2.24, 2.45) is 27.2 Å². The number of hydrogen-bond donors (Lipinski definition) is 3. The van der Waals surface area contributed by atoms with Gasteiger partial charge in [-0.3, -0.25) is 0 Å². The first-order chi connectivity index (χ1) is 8.61. The van der Waals surface area contributed by atoms with E-state index in [2.05, 4.69) is 9.98 Å². The maximum Gasteiger partial charge on any atom is 0.418 e. The van der Waals surface area contributed by atoms with Crippen molar-refractivity contribution < 1.29 is 13.2 Å². The van der Waals surface area contributed by atoms with Gasteiger partial charge in [0.25, 0.3) is 0 Å². The molecular weight excluding hydrogens is 259 g/mol. The van der Waals surface area contributed by atoms with Gasteiger partial charge in [0.2, 0.25) is 5.96 Å². The number of aryl methyl sites for hydroxylation is 2. The van der Waals surface area contributed by atoms with Crippen molar-refractivity contribution in [2.75, 3.05) is 0 Å². The predicted octanol–water partition coefficient (Wildman–Crippen LogP) is 1.54. The van der Waals surface area contributed by atoms with Crippen LogP contribution in [0.3, 0.4) is 0 Å². The number of alkyl halides is 3. The van der Waals surface area contributed by atoms with E-state index in [0.29, 0.717) is 11.1 Å². The van der Waals surface area contributed by atoms with E-state index in [1.165, 1.54) is 6.92 Å². The molecule has 0 saturated carbocycles. The number of nitrogens with zero attached hydrogens (tertiary/aromatic N) is 2. The lowest BCUT2D eigenvalue weighted by Gasteiger charge is -2.13. The van der Waals surface area contributed by atoms with Gasteiger partial charge in [-0.15, -0.1) is 0 Å². The van der Waals surface area contributed by atoms with Crippen LogP contribution in [0.5, 0.6) is 0 Å². The number of guanidine groups is 2. The second-order valence-corrected chi connectivity index (χ2v) is 3.98. The zero-order valence-electron chi connectivity index (χ0n) is 10.4. The molecule has 6 N–H and O–H groups in total. The monoisotopic (exact) mass is 273 g/mol. The van der Waals surface area contributed by atoms with E-state index in [4.69, 9.17) is 17.2 Å². The van der Waals surface area contributed by atoms with Crippen LogP contribution in [0.2, 0.25) is 0 Å². The van der Waals surface area contributed by atoms with Gasteiger partial charge in [0.05, 0.1) is 11.3 Å². The minimum atomic E-state index is -4.53. The maximum absolute atomic E-state index is 12.9. The minimum Gasteiger partial charge on any atom is -0.370 e. The van der Waals surface area contributed by atoms with E-state index in [0.717, 1.165) is 6.07 Å². The molecule has 0 atom stereocenters. The highest BCUT2D eigenvalue weighted by Gasteiger charge is 2.34. The summed E-state index contributed by atoms with van der Waals surface area (Å²) in [5.74, 6) is -0.808. The third-order valence-electron chi connectivity index (χ3n) is 2.22. The van der Waals surface area contributed by atoms with Gasteiger partial charge in [-0.25, -0.2) is 4.99 Å². The van der Waals surface area contributed by atoms with Crippen LogP contribution in [0.25, 0.3) is 0 Å². The Hall–Kier alpha value is -2.25. The minimum absolute atomic E-state index is 0.291. The van der Waals surface area contributed by atoms with Crippen molar-refractivity contribution in [3.05, 3.63) is 28.8 Å². The third kappa shape index (κ3) is 3.87. The van der Waals surface area contributed by atoms with E-state index >= 15 is 0 Å². The molecule has 0 unspecified atom stereocenters. The van der Waals surface area contributed by atoms with E-state index in [-0.39, 0.29) is 11.6 Å². The summed E-state index contributed by atoms with van der Waals surface area (Å²) in [6, 6.07) is 2.56. The molecule has 0 aliphatic heterocycles. The van der Waals surface area contributed by atoms with Gasteiger partial charge in [0.15, 0.2) is 5.96 Å². The molecule has 8 heteroatoms. The molecule has 1 rings (SSSR count). The Morgan fingerprint density at radius 2 is 1.68 bits per heavy atom. The quantitative estimate of drug-likeness (QED) is 0.534. The molecular formula is C11H14F3N5. The maximum atomic E-state index is 12.9. The van der Waals surface area contributed by atoms with Gasteiger partial charge in [-0.1, -0.05) is 11.6 Å². The normalized spacial score (nSPS) is 12.4. The molecule has 1 aromatic carbocycles. The SMILES string of the molecule is Cc1cc(C)c(N=C(N)N=C(N)N)c(C(F)(F)F)c1. The fraction of sp³-hybridized carbons (Fsp3) is 0.273. The Balaban J connectivity index is 3.47. The number of aliphatic imine (C=N–C) groups is 2. The first-order valence-corrected chi connectivity index (χ1v) is 5.23. The topological polar surface area (TPSA) is 103 Å². The molecule has 0 aliphatic carbocycles. The number of nitrogens with two attached hydrogens (primary N) is 3. The predicted molar refractivity (Wildman–Crippen MR) is 68.0 cm³/mol. The number of rotatable bonds is 1. The molecule has 5 nitrogen and oxygen atoms in total. The summed E-state index contributed by atoms with van der Waals surface area (Å²) in [4.78, 5) is 7.03. The molecule has 0 bridgehead atoms. The molecule has 0 spiro atoms. The first kappa shape index (κ1) is 14.8. The fourth-order valence-electron chi connectivity index (χ4n) is 1.60. The molecule has 0 heterocycles. The Morgan fingerprint density at radius 1 is 1.11 bits per heavy atom. The summed E-state index contributed by atoms with van der Waals surface area (Å²) >= 11 is 0. The van der Waals surface area contributed by atoms with Crippen molar-refractivity contribution >= 4 is 17.6 Å². The smallest absolute Gasteiger partial charge is 0.370 e. The van der Waals surface area contributed by atoms with Crippen molar-refractivity contribution in [3.8, 4) is 0 Å². The van der Waals surface area contributed by atoms with E-state index in [9.17, 15) is 13.2 Å². The second kappa shape index (κ2) is 5.17. The van der Waals surface area contributed by atoms with Gasteiger partial charge in [0.1, 0.15) is 0 Å². The van der Waals surface area contributed by atoms with Crippen LogP contribution in [0.1, 0.15) is 16.7 Å². The number of benzene rings is 1.